The van der Waals surface area contributed by atoms with Crippen molar-refractivity contribution in [2.24, 2.45) is 11.7 Å². The van der Waals surface area contributed by atoms with Crippen molar-refractivity contribution in [2.75, 3.05) is 26.8 Å². The largest absolute Gasteiger partial charge is 0.381 e. The van der Waals surface area contributed by atoms with Crippen LogP contribution in [-0.4, -0.2) is 37.7 Å². The molecule has 3 atom stereocenters. The Balaban J connectivity index is 1.65. The van der Waals surface area contributed by atoms with Crippen molar-refractivity contribution < 1.29 is 4.74 Å². The van der Waals surface area contributed by atoms with Gasteiger partial charge in [-0.15, -0.1) is 0 Å². The Morgan fingerprint density at radius 2 is 2.15 bits per heavy atom. The number of rotatable bonds is 3. The van der Waals surface area contributed by atoms with E-state index in [0.717, 1.165) is 26.2 Å². The first kappa shape index (κ1) is 14.1. The number of benzene rings is 1. The third kappa shape index (κ3) is 2.90. The maximum Gasteiger partial charge on any atom is 0.0506 e. The molecule has 0 radical (unpaired) electrons. The monoisotopic (exact) mass is 274 g/mol. The Kier molecular flexibility index (Phi) is 4.39. The maximum absolute atomic E-state index is 6.52. The molecule has 0 saturated carbocycles. The molecule has 1 aromatic carbocycles. The average Bonchev–Trinajstić information content (AvgIpc) is 2.49. The van der Waals surface area contributed by atoms with Crippen LogP contribution in [0.2, 0.25) is 0 Å². The minimum Gasteiger partial charge on any atom is -0.381 e. The Labute approximate surface area is 122 Å². The van der Waals surface area contributed by atoms with E-state index in [1.165, 1.54) is 30.4 Å². The summed E-state index contributed by atoms with van der Waals surface area (Å²) < 4.78 is 5.60. The van der Waals surface area contributed by atoms with E-state index >= 15 is 0 Å². The van der Waals surface area contributed by atoms with E-state index in [4.69, 9.17) is 10.5 Å². The molecule has 1 heterocycles. The first-order valence-electron chi connectivity index (χ1n) is 7.87. The lowest BCUT2D eigenvalue weighted by Crippen LogP contribution is -2.46. The van der Waals surface area contributed by atoms with Gasteiger partial charge in [-0.25, -0.2) is 0 Å². The lowest BCUT2D eigenvalue weighted by Gasteiger charge is -2.39. The van der Waals surface area contributed by atoms with Crippen LogP contribution in [0.3, 0.4) is 0 Å². The predicted molar refractivity (Wildman–Crippen MR) is 81.7 cm³/mol. The molecule has 1 saturated heterocycles. The fourth-order valence-electron chi connectivity index (χ4n) is 3.77. The number of likely N-dealkylation sites (N-methyl/N-ethyl adjacent to an activating group) is 1. The van der Waals surface area contributed by atoms with Gasteiger partial charge in [-0.3, -0.25) is 0 Å². The number of fused-ring (bicyclic) bond motifs is 1. The van der Waals surface area contributed by atoms with Gasteiger partial charge in [-0.05, 0) is 49.8 Å². The molecule has 3 nitrogen and oxygen atoms in total. The summed E-state index contributed by atoms with van der Waals surface area (Å²) >= 11 is 0. The van der Waals surface area contributed by atoms with Crippen molar-refractivity contribution in [3.8, 4) is 0 Å². The molecule has 0 spiro atoms. The molecular weight excluding hydrogens is 248 g/mol. The summed E-state index contributed by atoms with van der Waals surface area (Å²) in [5, 5.41) is 0. The SMILES string of the molecule is CN(CC1CCCOC1)C1CCc2ccccc2C1N. The Morgan fingerprint density at radius 1 is 1.30 bits per heavy atom. The van der Waals surface area contributed by atoms with Crippen molar-refractivity contribution in [3.05, 3.63) is 35.4 Å². The number of nitrogens with zero attached hydrogens (tertiary/aromatic N) is 1. The van der Waals surface area contributed by atoms with Crippen LogP contribution in [0, 0.1) is 5.92 Å². The van der Waals surface area contributed by atoms with E-state index in [-0.39, 0.29) is 6.04 Å². The highest BCUT2D eigenvalue weighted by atomic mass is 16.5. The quantitative estimate of drug-likeness (QED) is 0.919. The first-order chi connectivity index (χ1) is 9.75. The molecule has 0 amide bonds. The van der Waals surface area contributed by atoms with Crippen LogP contribution in [-0.2, 0) is 11.2 Å². The van der Waals surface area contributed by atoms with Gasteiger partial charge in [0.05, 0.1) is 6.61 Å². The van der Waals surface area contributed by atoms with Crippen molar-refractivity contribution in [2.45, 2.75) is 37.8 Å². The average molecular weight is 274 g/mol. The predicted octanol–water partition coefficient (Wildman–Crippen LogP) is 2.36. The highest BCUT2D eigenvalue weighted by Crippen LogP contribution is 2.31. The molecule has 1 aliphatic carbocycles. The summed E-state index contributed by atoms with van der Waals surface area (Å²) in [4.78, 5) is 2.47. The van der Waals surface area contributed by atoms with Crippen molar-refractivity contribution in [1.29, 1.82) is 0 Å². The van der Waals surface area contributed by atoms with E-state index in [9.17, 15) is 0 Å². The van der Waals surface area contributed by atoms with E-state index in [1.807, 2.05) is 0 Å². The number of hydrogen-bond acceptors (Lipinski definition) is 3. The van der Waals surface area contributed by atoms with Gasteiger partial charge in [0.15, 0.2) is 0 Å². The van der Waals surface area contributed by atoms with E-state index in [0.29, 0.717) is 12.0 Å². The van der Waals surface area contributed by atoms with Crippen LogP contribution in [0.1, 0.15) is 36.4 Å². The molecule has 20 heavy (non-hydrogen) atoms. The minimum atomic E-state index is 0.148. The molecular formula is C17H26N2O. The molecule has 2 N–H and O–H groups in total. The summed E-state index contributed by atoms with van der Waals surface area (Å²) in [5.41, 5.74) is 9.30. The normalized spacial score (nSPS) is 30.2. The van der Waals surface area contributed by atoms with Crippen molar-refractivity contribution in [3.63, 3.8) is 0 Å². The van der Waals surface area contributed by atoms with Crippen LogP contribution in [0.5, 0.6) is 0 Å². The molecule has 0 aromatic heterocycles. The Hall–Kier alpha value is -0.900. The molecule has 3 unspecified atom stereocenters. The van der Waals surface area contributed by atoms with Gasteiger partial charge < -0.3 is 15.4 Å². The fourth-order valence-corrected chi connectivity index (χ4v) is 3.77. The minimum absolute atomic E-state index is 0.148. The smallest absolute Gasteiger partial charge is 0.0506 e. The van der Waals surface area contributed by atoms with E-state index in [2.05, 4.69) is 36.2 Å². The Bertz CT molecular complexity index is 442. The zero-order valence-corrected chi connectivity index (χ0v) is 12.4. The molecule has 1 aliphatic heterocycles. The van der Waals surface area contributed by atoms with E-state index < -0.39 is 0 Å². The van der Waals surface area contributed by atoms with Crippen LogP contribution in [0.25, 0.3) is 0 Å². The summed E-state index contributed by atoms with van der Waals surface area (Å²) in [6.45, 7) is 2.97. The second-order valence-corrected chi connectivity index (χ2v) is 6.35. The summed E-state index contributed by atoms with van der Waals surface area (Å²) in [5.74, 6) is 0.679. The van der Waals surface area contributed by atoms with Gasteiger partial charge in [0.2, 0.25) is 0 Å². The van der Waals surface area contributed by atoms with Crippen LogP contribution in [0.4, 0.5) is 0 Å². The zero-order chi connectivity index (χ0) is 13.9. The lowest BCUT2D eigenvalue weighted by molar-refractivity contribution is 0.0327. The highest BCUT2D eigenvalue weighted by Gasteiger charge is 2.30. The fraction of sp³-hybridized carbons (Fsp3) is 0.647. The van der Waals surface area contributed by atoms with Gasteiger partial charge in [0, 0.05) is 25.2 Å². The summed E-state index contributed by atoms with van der Waals surface area (Å²) in [6, 6.07) is 9.26. The molecule has 1 aromatic rings. The topological polar surface area (TPSA) is 38.5 Å². The molecule has 1 fully saturated rings. The maximum atomic E-state index is 6.52. The second kappa shape index (κ2) is 6.25. The first-order valence-corrected chi connectivity index (χ1v) is 7.87. The van der Waals surface area contributed by atoms with Crippen LogP contribution in [0.15, 0.2) is 24.3 Å². The molecule has 3 rings (SSSR count). The lowest BCUT2D eigenvalue weighted by atomic mass is 9.83. The van der Waals surface area contributed by atoms with Gasteiger partial charge in [-0.2, -0.15) is 0 Å². The zero-order valence-electron chi connectivity index (χ0n) is 12.4. The third-order valence-electron chi connectivity index (χ3n) is 4.91. The molecule has 110 valence electrons. The molecule has 3 heteroatoms. The van der Waals surface area contributed by atoms with Crippen LogP contribution >= 0.6 is 0 Å². The van der Waals surface area contributed by atoms with E-state index in [1.54, 1.807) is 0 Å². The number of ether oxygens (including phenoxy) is 1. The summed E-state index contributed by atoms with van der Waals surface area (Å²) in [6.07, 6.45) is 4.82. The third-order valence-corrected chi connectivity index (χ3v) is 4.91. The number of hydrogen-bond donors (Lipinski definition) is 1. The standard InChI is InChI=1S/C17H26N2O/c1-19(11-13-5-4-10-20-12-13)16-9-8-14-6-2-3-7-15(14)17(16)18/h2-3,6-7,13,16-17H,4-5,8-12,18H2,1H3. The van der Waals surface area contributed by atoms with Crippen molar-refractivity contribution in [1.82, 2.24) is 4.90 Å². The highest BCUT2D eigenvalue weighted by molar-refractivity contribution is 5.33. The molecule has 2 aliphatic rings. The van der Waals surface area contributed by atoms with Crippen molar-refractivity contribution >= 4 is 0 Å². The van der Waals surface area contributed by atoms with Crippen LogP contribution < -0.4 is 5.73 Å². The van der Waals surface area contributed by atoms with Gasteiger partial charge >= 0.3 is 0 Å². The number of aryl methyl sites for hydroxylation is 1. The van der Waals surface area contributed by atoms with Gasteiger partial charge in [0.1, 0.15) is 0 Å². The van der Waals surface area contributed by atoms with Gasteiger partial charge in [-0.1, -0.05) is 24.3 Å². The summed E-state index contributed by atoms with van der Waals surface area (Å²) in [7, 11) is 2.23. The number of nitrogens with two attached hydrogens (primary N) is 1. The Morgan fingerprint density at radius 3 is 2.95 bits per heavy atom. The second-order valence-electron chi connectivity index (χ2n) is 6.35. The molecule has 0 bridgehead atoms. The van der Waals surface area contributed by atoms with Gasteiger partial charge in [0.25, 0.3) is 0 Å².